The molecule has 0 radical (unpaired) electrons. The van der Waals surface area contributed by atoms with Crippen LogP contribution in [0.5, 0.6) is 5.75 Å². The number of rotatable bonds is 2. The lowest BCUT2D eigenvalue weighted by molar-refractivity contribution is 0.475. The van der Waals surface area contributed by atoms with E-state index in [9.17, 15) is 5.11 Å². The molecule has 0 aliphatic rings. The van der Waals surface area contributed by atoms with Gasteiger partial charge in [0.25, 0.3) is 0 Å². The molecule has 2 nitrogen and oxygen atoms in total. The highest BCUT2D eigenvalue weighted by molar-refractivity contribution is 5.77. The number of phenolic OH excluding ortho intramolecular Hbond substituents is 1. The van der Waals surface area contributed by atoms with Crippen molar-refractivity contribution in [1.29, 1.82) is 0 Å². The zero-order valence-corrected chi connectivity index (χ0v) is 10.1. The predicted octanol–water partition coefficient (Wildman–Crippen LogP) is 3.76. The summed E-state index contributed by atoms with van der Waals surface area (Å²) in [5, 5.41) is 9.52. The lowest BCUT2D eigenvalue weighted by atomic mass is 9.96. The molecular weight excluding hydrogens is 210 g/mol. The third-order valence-corrected chi connectivity index (χ3v) is 2.90. The van der Waals surface area contributed by atoms with E-state index in [-0.39, 0.29) is 5.75 Å². The van der Waals surface area contributed by atoms with E-state index in [1.807, 2.05) is 12.1 Å². The number of hydrogen-bond acceptors (Lipinski definition) is 2. The first kappa shape index (κ1) is 11.5. The van der Waals surface area contributed by atoms with Crippen molar-refractivity contribution in [3.05, 3.63) is 48.0 Å². The quantitative estimate of drug-likeness (QED) is 0.606. The lowest BCUT2D eigenvalue weighted by Gasteiger charge is -2.10. The molecule has 0 saturated heterocycles. The molecule has 0 heterocycles. The SMILES string of the molecule is CC(C)c1cccc(-c2cc(O)ccc2N)c1. The summed E-state index contributed by atoms with van der Waals surface area (Å²) in [5.41, 5.74) is 9.82. The Morgan fingerprint density at radius 1 is 1.06 bits per heavy atom. The molecule has 0 atom stereocenters. The molecule has 2 rings (SSSR count). The van der Waals surface area contributed by atoms with Crippen molar-refractivity contribution in [3.63, 3.8) is 0 Å². The normalized spacial score (nSPS) is 10.8. The third kappa shape index (κ3) is 2.41. The fourth-order valence-corrected chi connectivity index (χ4v) is 1.86. The second-order valence-corrected chi connectivity index (χ2v) is 4.55. The van der Waals surface area contributed by atoms with Crippen LogP contribution >= 0.6 is 0 Å². The number of nitrogens with two attached hydrogens (primary N) is 1. The van der Waals surface area contributed by atoms with Gasteiger partial charge in [-0.15, -0.1) is 0 Å². The maximum absolute atomic E-state index is 9.52. The number of hydrogen-bond donors (Lipinski definition) is 2. The topological polar surface area (TPSA) is 46.2 Å². The number of anilines is 1. The zero-order chi connectivity index (χ0) is 12.4. The van der Waals surface area contributed by atoms with E-state index in [4.69, 9.17) is 5.73 Å². The molecule has 0 aliphatic carbocycles. The smallest absolute Gasteiger partial charge is 0.116 e. The fourth-order valence-electron chi connectivity index (χ4n) is 1.86. The molecule has 0 bridgehead atoms. The van der Waals surface area contributed by atoms with Gasteiger partial charge in [0.2, 0.25) is 0 Å². The van der Waals surface area contributed by atoms with Gasteiger partial charge >= 0.3 is 0 Å². The van der Waals surface area contributed by atoms with Crippen LogP contribution in [0.3, 0.4) is 0 Å². The van der Waals surface area contributed by atoms with Gasteiger partial charge < -0.3 is 10.8 Å². The van der Waals surface area contributed by atoms with E-state index in [0.29, 0.717) is 11.6 Å². The summed E-state index contributed by atoms with van der Waals surface area (Å²) in [7, 11) is 0. The molecule has 88 valence electrons. The second kappa shape index (κ2) is 4.50. The van der Waals surface area contributed by atoms with E-state index in [1.165, 1.54) is 5.56 Å². The maximum atomic E-state index is 9.52. The Bertz CT molecular complexity index is 532. The minimum atomic E-state index is 0.240. The highest BCUT2D eigenvalue weighted by Crippen LogP contribution is 2.31. The van der Waals surface area contributed by atoms with Crippen molar-refractivity contribution in [1.82, 2.24) is 0 Å². The monoisotopic (exact) mass is 227 g/mol. The van der Waals surface area contributed by atoms with Crippen LogP contribution in [0.4, 0.5) is 5.69 Å². The van der Waals surface area contributed by atoms with E-state index in [0.717, 1.165) is 11.1 Å². The summed E-state index contributed by atoms with van der Waals surface area (Å²) in [5.74, 6) is 0.720. The van der Waals surface area contributed by atoms with Gasteiger partial charge in [-0.1, -0.05) is 38.1 Å². The van der Waals surface area contributed by atoms with Gasteiger partial charge in [0.05, 0.1) is 0 Å². The van der Waals surface area contributed by atoms with Crippen LogP contribution in [0.1, 0.15) is 25.3 Å². The average molecular weight is 227 g/mol. The van der Waals surface area contributed by atoms with Crippen LogP contribution < -0.4 is 5.73 Å². The van der Waals surface area contributed by atoms with Gasteiger partial charge in [-0.25, -0.2) is 0 Å². The molecule has 3 N–H and O–H groups in total. The molecular formula is C15H17NO. The molecule has 0 saturated carbocycles. The molecule has 2 aromatic rings. The van der Waals surface area contributed by atoms with Gasteiger partial charge in [-0.3, -0.25) is 0 Å². The van der Waals surface area contributed by atoms with Gasteiger partial charge in [-0.05, 0) is 35.2 Å². The molecule has 0 aromatic heterocycles. The summed E-state index contributed by atoms with van der Waals surface area (Å²) in [6, 6.07) is 13.3. The van der Waals surface area contributed by atoms with Crippen molar-refractivity contribution in [2.24, 2.45) is 0 Å². The first-order chi connectivity index (χ1) is 8.08. The Balaban J connectivity index is 2.52. The standard InChI is InChI=1S/C15H17NO/c1-10(2)11-4-3-5-12(8-11)14-9-13(17)6-7-15(14)16/h3-10,17H,16H2,1-2H3. The molecule has 0 fully saturated rings. The highest BCUT2D eigenvalue weighted by atomic mass is 16.3. The summed E-state index contributed by atoms with van der Waals surface area (Å²) in [6.07, 6.45) is 0. The fraction of sp³-hybridized carbons (Fsp3) is 0.200. The van der Waals surface area contributed by atoms with Crippen molar-refractivity contribution in [3.8, 4) is 16.9 Å². The van der Waals surface area contributed by atoms with Crippen molar-refractivity contribution < 1.29 is 5.11 Å². The molecule has 2 heteroatoms. The summed E-state index contributed by atoms with van der Waals surface area (Å²) < 4.78 is 0. The van der Waals surface area contributed by atoms with E-state index >= 15 is 0 Å². The summed E-state index contributed by atoms with van der Waals surface area (Å²) in [4.78, 5) is 0. The largest absolute Gasteiger partial charge is 0.508 e. The maximum Gasteiger partial charge on any atom is 0.116 e. The summed E-state index contributed by atoms with van der Waals surface area (Å²) >= 11 is 0. The molecule has 0 amide bonds. The van der Waals surface area contributed by atoms with Crippen LogP contribution in [0.15, 0.2) is 42.5 Å². The minimum Gasteiger partial charge on any atom is -0.508 e. The van der Waals surface area contributed by atoms with Gasteiger partial charge in [0.15, 0.2) is 0 Å². The Kier molecular flexibility index (Phi) is 3.05. The average Bonchev–Trinajstić information content (AvgIpc) is 2.32. The van der Waals surface area contributed by atoms with Crippen molar-refractivity contribution in [2.45, 2.75) is 19.8 Å². The van der Waals surface area contributed by atoms with Crippen molar-refractivity contribution in [2.75, 3.05) is 5.73 Å². The first-order valence-corrected chi connectivity index (χ1v) is 5.77. The Hall–Kier alpha value is -1.96. The second-order valence-electron chi connectivity index (χ2n) is 4.55. The van der Waals surface area contributed by atoms with Gasteiger partial charge in [0, 0.05) is 11.3 Å². The zero-order valence-electron chi connectivity index (χ0n) is 10.1. The van der Waals surface area contributed by atoms with Gasteiger partial charge in [0.1, 0.15) is 5.75 Å². The van der Waals surface area contributed by atoms with Crippen LogP contribution in [0, 0.1) is 0 Å². The van der Waals surface area contributed by atoms with E-state index in [1.54, 1.807) is 18.2 Å². The highest BCUT2D eigenvalue weighted by Gasteiger charge is 2.06. The summed E-state index contributed by atoms with van der Waals surface area (Å²) in [6.45, 7) is 4.32. The molecule has 0 spiro atoms. The molecule has 17 heavy (non-hydrogen) atoms. The number of nitrogen functional groups attached to an aromatic ring is 1. The predicted molar refractivity (Wildman–Crippen MR) is 72.0 cm³/mol. The Morgan fingerprint density at radius 2 is 1.82 bits per heavy atom. The molecule has 2 aromatic carbocycles. The minimum absolute atomic E-state index is 0.240. The number of phenols is 1. The Labute approximate surface area is 102 Å². The molecule has 0 aliphatic heterocycles. The van der Waals surface area contributed by atoms with E-state index in [2.05, 4.69) is 26.0 Å². The van der Waals surface area contributed by atoms with Crippen LogP contribution in [0.25, 0.3) is 11.1 Å². The third-order valence-electron chi connectivity index (χ3n) is 2.90. The van der Waals surface area contributed by atoms with Crippen LogP contribution in [-0.2, 0) is 0 Å². The molecule has 0 unspecified atom stereocenters. The Morgan fingerprint density at radius 3 is 2.53 bits per heavy atom. The van der Waals surface area contributed by atoms with Crippen molar-refractivity contribution >= 4 is 5.69 Å². The van der Waals surface area contributed by atoms with Crippen LogP contribution in [0.2, 0.25) is 0 Å². The van der Waals surface area contributed by atoms with Crippen LogP contribution in [-0.4, -0.2) is 5.11 Å². The lowest BCUT2D eigenvalue weighted by Crippen LogP contribution is -1.92. The van der Waals surface area contributed by atoms with Gasteiger partial charge in [-0.2, -0.15) is 0 Å². The number of aromatic hydroxyl groups is 1. The van der Waals surface area contributed by atoms with E-state index < -0.39 is 0 Å². The number of benzene rings is 2. The first-order valence-electron chi connectivity index (χ1n) is 5.77.